The second kappa shape index (κ2) is 6.39. The minimum atomic E-state index is 0.277. The summed E-state index contributed by atoms with van der Waals surface area (Å²) in [6.45, 7) is 11.5. The third kappa shape index (κ3) is 5.27. The van der Waals surface area contributed by atoms with E-state index in [9.17, 15) is 0 Å². The predicted molar refractivity (Wildman–Crippen MR) is 55.9 cm³/mol. The Morgan fingerprint density at radius 1 is 0.923 bits per heavy atom. The van der Waals surface area contributed by atoms with Crippen LogP contribution in [0.4, 0.5) is 0 Å². The molecule has 0 rings (SSSR count). The molecular formula is C11H24O2. The van der Waals surface area contributed by atoms with E-state index in [0.717, 1.165) is 6.61 Å². The largest absolute Gasteiger partial charge is 0.381 e. The molecule has 0 spiro atoms. The molecule has 3 atom stereocenters. The Hall–Kier alpha value is -0.0800. The Morgan fingerprint density at radius 3 is 1.85 bits per heavy atom. The van der Waals surface area contributed by atoms with Crippen molar-refractivity contribution >= 4 is 0 Å². The summed E-state index contributed by atoms with van der Waals surface area (Å²) in [5.41, 5.74) is 0. The molecule has 0 aromatic carbocycles. The molecule has 0 aromatic rings. The molecule has 0 aliphatic rings. The van der Waals surface area contributed by atoms with Crippen molar-refractivity contribution in [1.82, 2.24) is 0 Å². The summed E-state index contributed by atoms with van der Waals surface area (Å²) in [5, 5.41) is 0. The van der Waals surface area contributed by atoms with E-state index in [-0.39, 0.29) is 6.10 Å². The van der Waals surface area contributed by atoms with Gasteiger partial charge in [-0.3, -0.25) is 0 Å². The molecule has 0 aliphatic heterocycles. The van der Waals surface area contributed by atoms with Gasteiger partial charge in [0.15, 0.2) is 0 Å². The summed E-state index contributed by atoms with van der Waals surface area (Å²) in [6.07, 6.45) is 0.617. The molecule has 3 unspecified atom stereocenters. The van der Waals surface area contributed by atoms with E-state index in [0.29, 0.717) is 17.9 Å². The lowest BCUT2D eigenvalue weighted by Gasteiger charge is -2.22. The van der Waals surface area contributed by atoms with Gasteiger partial charge in [0.2, 0.25) is 0 Å². The van der Waals surface area contributed by atoms with Crippen LogP contribution in [0.5, 0.6) is 0 Å². The summed E-state index contributed by atoms with van der Waals surface area (Å²) in [4.78, 5) is 0. The van der Waals surface area contributed by atoms with Crippen LogP contribution in [0, 0.1) is 11.8 Å². The van der Waals surface area contributed by atoms with E-state index in [1.165, 1.54) is 0 Å². The fraction of sp³-hybridized carbons (Fsp3) is 1.00. The van der Waals surface area contributed by atoms with E-state index in [1.54, 1.807) is 7.11 Å². The molecule has 0 N–H and O–H groups in total. The highest BCUT2D eigenvalue weighted by molar-refractivity contribution is 4.62. The summed E-state index contributed by atoms with van der Waals surface area (Å²) in [6, 6.07) is 0. The van der Waals surface area contributed by atoms with Crippen LogP contribution in [0.2, 0.25) is 0 Å². The van der Waals surface area contributed by atoms with Gasteiger partial charge in [0.25, 0.3) is 0 Å². The van der Waals surface area contributed by atoms with Gasteiger partial charge in [-0.05, 0) is 19.8 Å². The Balaban J connectivity index is 3.63. The van der Waals surface area contributed by atoms with Crippen molar-refractivity contribution in [1.29, 1.82) is 0 Å². The maximum atomic E-state index is 5.71. The summed E-state index contributed by atoms with van der Waals surface area (Å²) in [5.74, 6) is 1.05. The van der Waals surface area contributed by atoms with Gasteiger partial charge >= 0.3 is 0 Å². The molecule has 0 heterocycles. The highest BCUT2D eigenvalue weighted by atomic mass is 16.5. The molecule has 80 valence electrons. The van der Waals surface area contributed by atoms with Crippen molar-refractivity contribution in [2.45, 2.75) is 46.8 Å². The van der Waals surface area contributed by atoms with Crippen LogP contribution in [-0.4, -0.2) is 25.9 Å². The first-order chi connectivity index (χ1) is 5.99. The third-order valence-electron chi connectivity index (χ3n) is 2.73. The van der Waals surface area contributed by atoms with Gasteiger partial charge in [0.05, 0.1) is 18.8 Å². The molecule has 0 radical (unpaired) electrons. The zero-order valence-electron chi connectivity index (χ0n) is 9.83. The maximum Gasteiger partial charge on any atom is 0.0590 e. The van der Waals surface area contributed by atoms with Crippen LogP contribution in [0.1, 0.15) is 34.6 Å². The van der Waals surface area contributed by atoms with Gasteiger partial charge in [-0.2, -0.15) is 0 Å². The van der Waals surface area contributed by atoms with Gasteiger partial charge in [0, 0.05) is 13.0 Å². The van der Waals surface area contributed by atoms with E-state index >= 15 is 0 Å². The maximum absolute atomic E-state index is 5.71. The van der Waals surface area contributed by atoms with Crippen LogP contribution in [0.3, 0.4) is 0 Å². The first-order valence-electron chi connectivity index (χ1n) is 5.13. The second-order valence-electron chi connectivity index (χ2n) is 4.20. The van der Waals surface area contributed by atoms with Crippen LogP contribution in [0.15, 0.2) is 0 Å². The van der Waals surface area contributed by atoms with Gasteiger partial charge in [-0.15, -0.1) is 0 Å². The van der Waals surface area contributed by atoms with Crippen molar-refractivity contribution in [2.24, 2.45) is 11.8 Å². The SMILES string of the molecule is COC(C)C(C)COC(C)C(C)C. The minimum absolute atomic E-state index is 0.277. The molecule has 0 bridgehead atoms. The molecule has 0 aromatic heterocycles. The Labute approximate surface area is 82.6 Å². The van der Waals surface area contributed by atoms with Crippen molar-refractivity contribution in [3.63, 3.8) is 0 Å². The Bertz CT molecular complexity index is 123. The number of methoxy groups -OCH3 is 1. The molecule has 0 saturated heterocycles. The summed E-state index contributed by atoms with van der Waals surface area (Å²) < 4.78 is 10.9. The van der Waals surface area contributed by atoms with Gasteiger partial charge in [-0.25, -0.2) is 0 Å². The van der Waals surface area contributed by atoms with Crippen LogP contribution >= 0.6 is 0 Å². The third-order valence-corrected chi connectivity index (χ3v) is 2.73. The molecule has 2 heteroatoms. The average Bonchev–Trinajstić information content (AvgIpc) is 2.11. The zero-order valence-corrected chi connectivity index (χ0v) is 9.83. The molecule has 0 fully saturated rings. The quantitative estimate of drug-likeness (QED) is 0.638. The lowest BCUT2D eigenvalue weighted by molar-refractivity contribution is -0.0225. The fourth-order valence-corrected chi connectivity index (χ4v) is 0.864. The molecule has 13 heavy (non-hydrogen) atoms. The smallest absolute Gasteiger partial charge is 0.0590 e. The van der Waals surface area contributed by atoms with Gasteiger partial charge < -0.3 is 9.47 Å². The van der Waals surface area contributed by atoms with Crippen molar-refractivity contribution < 1.29 is 9.47 Å². The molecule has 0 amide bonds. The van der Waals surface area contributed by atoms with Gasteiger partial charge in [-0.1, -0.05) is 20.8 Å². The number of hydrogen-bond donors (Lipinski definition) is 0. The number of rotatable bonds is 6. The number of hydrogen-bond acceptors (Lipinski definition) is 2. The van der Waals surface area contributed by atoms with Crippen LogP contribution in [0.25, 0.3) is 0 Å². The minimum Gasteiger partial charge on any atom is -0.381 e. The van der Waals surface area contributed by atoms with Gasteiger partial charge in [0.1, 0.15) is 0 Å². The molecular weight excluding hydrogens is 164 g/mol. The number of ether oxygens (including phenoxy) is 2. The topological polar surface area (TPSA) is 18.5 Å². The van der Waals surface area contributed by atoms with Crippen molar-refractivity contribution in [2.75, 3.05) is 13.7 Å². The molecule has 2 nitrogen and oxygen atoms in total. The average molecular weight is 188 g/mol. The monoisotopic (exact) mass is 188 g/mol. The first kappa shape index (κ1) is 12.9. The lowest BCUT2D eigenvalue weighted by Crippen LogP contribution is -2.25. The standard InChI is InChI=1S/C11H24O2/c1-8(2)10(4)13-7-9(3)11(5)12-6/h8-11H,7H2,1-6H3. The van der Waals surface area contributed by atoms with E-state index < -0.39 is 0 Å². The van der Waals surface area contributed by atoms with E-state index in [4.69, 9.17) is 9.47 Å². The van der Waals surface area contributed by atoms with E-state index in [2.05, 4.69) is 34.6 Å². The van der Waals surface area contributed by atoms with Crippen LogP contribution in [-0.2, 0) is 9.47 Å². The second-order valence-corrected chi connectivity index (χ2v) is 4.20. The summed E-state index contributed by atoms with van der Waals surface area (Å²) >= 11 is 0. The molecule has 0 saturated carbocycles. The fourth-order valence-electron chi connectivity index (χ4n) is 0.864. The lowest BCUT2D eigenvalue weighted by atomic mass is 10.1. The summed E-state index contributed by atoms with van der Waals surface area (Å²) in [7, 11) is 1.74. The van der Waals surface area contributed by atoms with Crippen LogP contribution < -0.4 is 0 Å². The van der Waals surface area contributed by atoms with Crippen molar-refractivity contribution in [3.05, 3.63) is 0 Å². The van der Waals surface area contributed by atoms with Crippen molar-refractivity contribution in [3.8, 4) is 0 Å². The Kier molecular flexibility index (Phi) is 6.35. The first-order valence-corrected chi connectivity index (χ1v) is 5.13. The zero-order chi connectivity index (χ0) is 10.4. The molecule has 0 aliphatic carbocycles. The highest BCUT2D eigenvalue weighted by Gasteiger charge is 2.14. The predicted octanol–water partition coefficient (Wildman–Crippen LogP) is 2.72. The van der Waals surface area contributed by atoms with E-state index in [1.807, 2.05) is 0 Å². The highest BCUT2D eigenvalue weighted by Crippen LogP contribution is 2.11. The Morgan fingerprint density at radius 2 is 1.46 bits per heavy atom. The normalized spacial score (nSPS) is 18.7.